The maximum Gasteiger partial charge on any atom is 4.00 e. The summed E-state index contributed by atoms with van der Waals surface area (Å²) in [5.74, 6) is 0. The quantitative estimate of drug-likeness (QED) is 0.363. The molecule has 0 heterocycles. The predicted octanol–water partition coefficient (Wildman–Crippen LogP) is -3.21. The van der Waals surface area contributed by atoms with E-state index in [1.807, 2.05) is 0 Å². The molecule has 4 nitrogen and oxygen atoms in total. The van der Waals surface area contributed by atoms with E-state index >= 15 is 0 Å². The average Bonchev–Trinajstić information content (AvgIpc) is 0. The van der Waals surface area contributed by atoms with Crippen LogP contribution >= 0.6 is 0 Å². The molecule has 0 aliphatic carbocycles. The summed E-state index contributed by atoms with van der Waals surface area (Å²) >= 11 is 0. The van der Waals surface area contributed by atoms with Crippen LogP contribution in [0.3, 0.4) is 0 Å². The van der Waals surface area contributed by atoms with Crippen LogP contribution in [-0.4, -0.2) is 32.9 Å². The fourth-order valence-corrected chi connectivity index (χ4v) is 0. The summed E-state index contributed by atoms with van der Waals surface area (Å²) in [5.41, 5.74) is 0. The second-order valence-corrected chi connectivity index (χ2v) is 0. The minimum Gasteiger partial charge on any atom is -3.00 e. The van der Waals surface area contributed by atoms with Crippen molar-refractivity contribution < 1.29 is 78.6 Å². The Kier molecular flexibility index (Phi) is 3000. The molecule has 0 atom stereocenters. The van der Waals surface area contributed by atoms with Gasteiger partial charge in [0.2, 0.25) is 0 Å². The average molecular weight is 426 g/mol. The Balaban J connectivity index is 0. The van der Waals surface area contributed by atoms with E-state index in [0.29, 0.717) is 0 Å². The van der Waals surface area contributed by atoms with E-state index in [9.17, 15) is 0 Å². The van der Waals surface area contributed by atoms with Gasteiger partial charge in [0.05, 0.1) is 0 Å². The molecule has 0 saturated carbocycles. The fourth-order valence-electron chi connectivity index (χ4n) is 0. The second-order valence-electron chi connectivity index (χ2n) is 0. The van der Waals surface area contributed by atoms with Crippen molar-refractivity contribution in [2.45, 2.75) is 0 Å². The Morgan fingerprint density at radius 2 is 0.300 bits per heavy atom. The Labute approximate surface area is 134 Å². The van der Waals surface area contributed by atoms with Crippen molar-refractivity contribution in [2.75, 3.05) is 0 Å². The Bertz CT molecular complexity index is 15.7. The molecule has 0 bridgehead atoms. The van der Waals surface area contributed by atoms with Gasteiger partial charge in [-0.1, -0.05) is 0 Å². The van der Waals surface area contributed by atoms with Crippen LogP contribution in [0.4, 0.5) is 0 Å². The van der Waals surface area contributed by atoms with Crippen molar-refractivity contribution in [3.05, 3.63) is 24.6 Å². The molecule has 0 radical (unpaired) electrons. The van der Waals surface area contributed by atoms with E-state index in [1.165, 1.54) is 0 Å². The third-order valence-corrected chi connectivity index (χ3v) is 0. The van der Waals surface area contributed by atoms with E-state index in [2.05, 4.69) is 0 Å². The van der Waals surface area contributed by atoms with Crippen molar-refractivity contribution >= 4 is 32.9 Å². The third-order valence-electron chi connectivity index (χ3n) is 0. The van der Waals surface area contributed by atoms with Gasteiger partial charge in [-0.2, -0.15) is 0 Å². The smallest absolute Gasteiger partial charge is 3.00 e. The van der Waals surface area contributed by atoms with Crippen molar-refractivity contribution in [3.8, 4) is 0 Å². The summed E-state index contributed by atoms with van der Waals surface area (Å²) in [5, 5.41) is 0. The molecule has 0 aromatic heterocycles. The standard InChI is InChI=1S/4N.3H4Si.3Zr/h;;;;3*1H4;;;/q4*-3;;;;3*+4. The molecule has 0 aromatic carbocycles. The van der Waals surface area contributed by atoms with Crippen LogP contribution < -0.4 is 0 Å². The van der Waals surface area contributed by atoms with Gasteiger partial charge < -0.3 is 24.6 Å². The van der Waals surface area contributed by atoms with Crippen molar-refractivity contribution in [1.82, 2.24) is 0 Å². The topological polar surface area (TPSA) is 122 Å². The van der Waals surface area contributed by atoms with Crippen molar-refractivity contribution in [2.24, 2.45) is 0 Å². The normalized spacial score (nSPS) is 0. The van der Waals surface area contributed by atoms with Crippen LogP contribution in [0.15, 0.2) is 0 Å². The first-order valence-corrected chi connectivity index (χ1v) is 0. The van der Waals surface area contributed by atoms with Crippen molar-refractivity contribution in [1.29, 1.82) is 0 Å². The maximum atomic E-state index is 0. The summed E-state index contributed by atoms with van der Waals surface area (Å²) in [6.45, 7) is 0. The first-order valence-electron chi connectivity index (χ1n) is 0. The van der Waals surface area contributed by atoms with Crippen molar-refractivity contribution in [3.63, 3.8) is 0 Å². The molecular weight excluding hydrogens is 414 g/mol. The minimum absolute atomic E-state index is 0. The second kappa shape index (κ2) is 153. The van der Waals surface area contributed by atoms with Gasteiger partial charge in [-0.3, -0.25) is 0 Å². The number of rotatable bonds is 0. The van der Waals surface area contributed by atoms with Crippen LogP contribution in [0.1, 0.15) is 0 Å². The molecule has 10 heteroatoms. The van der Waals surface area contributed by atoms with Gasteiger partial charge in [-0.25, -0.2) is 0 Å². The Hall–Kier alpha value is 3.14. The minimum atomic E-state index is 0. The summed E-state index contributed by atoms with van der Waals surface area (Å²) in [6, 6.07) is 0. The fraction of sp³-hybridized carbons (Fsp3) is 0. The molecule has 0 aliphatic rings. The van der Waals surface area contributed by atoms with Gasteiger partial charge >= 0.3 is 78.6 Å². The van der Waals surface area contributed by atoms with Gasteiger partial charge in [-0.05, 0) is 32.9 Å². The molecule has 0 aromatic rings. The number of hydrogen-bond acceptors (Lipinski definition) is 0. The third kappa shape index (κ3) is 116. The monoisotopic (exact) mass is 422 g/mol. The largest absolute Gasteiger partial charge is 4.00 e. The van der Waals surface area contributed by atoms with Crippen LogP contribution in [-0.2, 0) is 78.6 Å². The van der Waals surface area contributed by atoms with Gasteiger partial charge in [0.1, 0.15) is 0 Å². The zero-order valence-electron chi connectivity index (χ0n) is 3.29. The van der Waals surface area contributed by atoms with Crippen LogP contribution in [0.2, 0.25) is 0 Å². The Morgan fingerprint density at radius 1 is 0.300 bits per heavy atom. The molecule has 0 saturated heterocycles. The molecule has 0 amide bonds. The number of nitrogens with zero attached hydrogens (tertiary/aromatic N) is 4. The number of hydrogen-bond donors (Lipinski definition) is 0. The molecule has 0 unspecified atom stereocenters. The van der Waals surface area contributed by atoms with E-state index in [4.69, 9.17) is 0 Å². The molecule has 0 aliphatic heterocycles. The zero-order valence-corrected chi connectivity index (χ0v) is 10.7. The van der Waals surface area contributed by atoms with Crippen LogP contribution in [0, 0.1) is 0 Å². The first-order chi connectivity index (χ1) is 0. The summed E-state index contributed by atoms with van der Waals surface area (Å²) in [6.07, 6.45) is 0. The van der Waals surface area contributed by atoms with E-state index in [1.54, 1.807) is 0 Å². The SMILES string of the molecule is [N-3].[N-3].[N-3].[N-3].[SiH4].[SiH4].[SiH4].[Zr+4].[Zr+4].[Zr+4]. The van der Waals surface area contributed by atoms with Crippen LogP contribution in [0.5, 0.6) is 0 Å². The molecule has 0 N–H and O–H groups in total. The zero-order chi connectivity index (χ0) is 0. The van der Waals surface area contributed by atoms with E-state index < -0.39 is 0 Å². The molecule has 0 rings (SSSR count). The molecule has 56 valence electrons. The van der Waals surface area contributed by atoms with Gasteiger partial charge in [0.15, 0.2) is 0 Å². The van der Waals surface area contributed by atoms with E-state index in [-0.39, 0.29) is 136 Å². The molecular formula is H12N4Si3Zr3. The van der Waals surface area contributed by atoms with Gasteiger partial charge in [0.25, 0.3) is 0 Å². The predicted molar refractivity (Wildman–Crippen MR) is 47.4 cm³/mol. The molecule has 0 fully saturated rings. The first kappa shape index (κ1) is 196. The molecule has 0 spiro atoms. The summed E-state index contributed by atoms with van der Waals surface area (Å²) in [7, 11) is 0. The summed E-state index contributed by atoms with van der Waals surface area (Å²) < 4.78 is 0. The van der Waals surface area contributed by atoms with Gasteiger partial charge in [0, 0.05) is 0 Å². The van der Waals surface area contributed by atoms with Gasteiger partial charge in [-0.15, -0.1) is 0 Å². The maximum absolute atomic E-state index is 0. The van der Waals surface area contributed by atoms with Crippen LogP contribution in [0.25, 0.3) is 24.6 Å². The van der Waals surface area contributed by atoms with E-state index in [0.717, 1.165) is 0 Å². The summed E-state index contributed by atoms with van der Waals surface area (Å²) in [4.78, 5) is 0. The Morgan fingerprint density at radius 3 is 0.300 bits per heavy atom. The molecule has 10 heavy (non-hydrogen) atoms.